The van der Waals surface area contributed by atoms with Gasteiger partial charge in [0.05, 0.1) is 0 Å². The lowest BCUT2D eigenvalue weighted by molar-refractivity contribution is 0.243. The molecular formula is C14H28O. The normalized spacial score (nSPS) is 12.7. The standard InChI is InChI=1S/C14H28O/c1-3-5-6-7-8-9-10-11-12-14(4-2)13-15/h4,14-15H,2-3,5-13H2,1H3. The van der Waals surface area contributed by atoms with Crippen molar-refractivity contribution >= 4 is 0 Å². The van der Waals surface area contributed by atoms with E-state index in [1.54, 1.807) is 0 Å². The minimum absolute atomic E-state index is 0.264. The van der Waals surface area contributed by atoms with Crippen molar-refractivity contribution in [1.82, 2.24) is 0 Å². The van der Waals surface area contributed by atoms with Crippen LogP contribution in [0.2, 0.25) is 0 Å². The Bertz CT molecular complexity index is 131. The molecule has 0 radical (unpaired) electrons. The fourth-order valence-corrected chi connectivity index (χ4v) is 1.82. The van der Waals surface area contributed by atoms with Crippen molar-refractivity contribution in [3.8, 4) is 0 Å². The van der Waals surface area contributed by atoms with Gasteiger partial charge >= 0.3 is 0 Å². The zero-order valence-corrected chi connectivity index (χ0v) is 10.4. The second-order valence-corrected chi connectivity index (χ2v) is 4.44. The molecule has 0 amide bonds. The third-order valence-electron chi connectivity index (χ3n) is 3.00. The third kappa shape index (κ3) is 9.99. The molecule has 0 saturated carbocycles. The van der Waals surface area contributed by atoms with Crippen molar-refractivity contribution in [2.24, 2.45) is 5.92 Å². The highest BCUT2D eigenvalue weighted by molar-refractivity contribution is 4.77. The highest BCUT2D eigenvalue weighted by Gasteiger charge is 2.00. The average molecular weight is 212 g/mol. The van der Waals surface area contributed by atoms with Crippen LogP contribution < -0.4 is 0 Å². The van der Waals surface area contributed by atoms with Gasteiger partial charge in [-0.3, -0.25) is 0 Å². The van der Waals surface area contributed by atoms with Gasteiger partial charge in [0.1, 0.15) is 0 Å². The summed E-state index contributed by atoms with van der Waals surface area (Å²) >= 11 is 0. The van der Waals surface area contributed by atoms with Crippen LogP contribution in [0.25, 0.3) is 0 Å². The lowest BCUT2D eigenvalue weighted by atomic mass is 10.0. The van der Waals surface area contributed by atoms with E-state index in [0.29, 0.717) is 5.92 Å². The lowest BCUT2D eigenvalue weighted by Gasteiger charge is -2.07. The van der Waals surface area contributed by atoms with Gasteiger partial charge in [-0.1, -0.05) is 64.4 Å². The van der Waals surface area contributed by atoms with Crippen LogP contribution in [0, 0.1) is 5.92 Å². The molecule has 15 heavy (non-hydrogen) atoms. The summed E-state index contributed by atoms with van der Waals surface area (Å²) < 4.78 is 0. The second kappa shape index (κ2) is 11.8. The molecule has 0 fully saturated rings. The molecule has 0 rings (SSSR count). The maximum atomic E-state index is 8.95. The van der Waals surface area contributed by atoms with E-state index in [1.807, 2.05) is 6.08 Å². The molecule has 0 aliphatic heterocycles. The highest BCUT2D eigenvalue weighted by Crippen LogP contribution is 2.13. The van der Waals surface area contributed by atoms with Crippen molar-refractivity contribution in [2.45, 2.75) is 64.7 Å². The Morgan fingerprint density at radius 3 is 2.00 bits per heavy atom. The zero-order valence-electron chi connectivity index (χ0n) is 10.4. The predicted octanol–water partition coefficient (Wildman–Crippen LogP) is 4.31. The first kappa shape index (κ1) is 14.7. The van der Waals surface area contributed by atoms with Crippen molar-refractivity contribution in [3.63, 3.8) is 0 Å². The fraction of sp³-hybridized carbons (Fsp3) is 0.857. The van der Waals surface area contributed by atoms with Crippen molar-refractivity contribution in [1.29, 1.82) is 0 Å². The van der Waals surface area contributed by atoms with Crippen LogP contribution in [-0.4, -0.2) is 11.7 Å². The van der Waals surface area contributed by atoms with Crippen molar-refractivity contribution in [2.75, 3.05) is 6.61 Å². The van der Waals surface area contributed by atoms with Gasteiger partial charge in [0, 0.05) is 6.61 Å². The van der Waals surface area contributed by atoms with Gasteiger partial charge in [0.25, 0.3) is 0 Å². The Labute approximate surface area is 95.6 Å². The van der Waals surface area contributed by atoms with E-state index in [4.69, 9.17) is 5.11 Å². The maximum absolute atomic E-state index is 8.95. The molecule has 0 aliphatic rings. The number of aliphatic hydroxyl groups excluding tert-OH is 1. The summed E-state index contributed by atoms with van der Waals surface area (Å²) in [4.78, 5) is 0. The van der Waals surface area contributed by atoms with E-state index in [0.717, 1.165) is 6.42 Å². The number of hydrogen-bond acceptors (Lipinski definition) is 1. The van der Waals surface area contributed by atoms with Crippen LogP contribution >= 0.6 is 0 Å². The van der Waals surface area contributed by atoms with E-state index in [2.05, 4.69) is 13.5 Å². The van der Waals surface area contributed by atoms with E-state index in [1.165, 1.54) is 51.4 Å². The Balaban J connectivity index is 3.07. The largest absolute Gasteiger partial charge is 0.396 e. The summed E-state index contributed by atoms with van der Waals surface area (Å²) in [7, 11) is 0. The number of hydrogen-bond donors (Lipinski definition) is 1. The molecule has 1 atom stereocenters. The molecule has 90 valence electrons. The Hall–Kier alpha value is -0.300. The Kier molecular flexibility index (Phi) is 11.5. The third-order valence-corrected chi connectivity index (χ3v) is 3.00. The molecule has 0 saturated heterocycles. The molecule has 1 unspecified atom stereocenters. The smallest absolute Gasteiger partial charge is 0.0493 e. The summed E-state index contributed by atoms with van der Waals surface area (Å²) in [5.41, 5.74) is 0. The van der Waals surface area contributed by atoms with Crippen molar-refractivity contribution in [3.05, 3.63) is 12.7 Å². The predicted molar refractivity (Wildman–Crippen MR) is 68.0 cm³/mol. The molecule has 0 aromatic rings. The van der Waals surface area contributed by atoms with Crippen LogP contribution in [0.4, 0.5) is 0 Å². The topological polar surface area (TPSA) is 20.2 Å². The van der Waals surface area contributed by atoms with E-state index >= 15 is 0 Å². The van der Waals surface area contributed by atoms with Crippen LogP contribution in [-0.2, 0) is 0 Å². The van der Waals surface area contributed by atoms with Gasteiger partial charge in [-0.25, -0.2) is 0 Å². The SMILES string of the molecule is C=CC(CO)CCCCCCCCCC. The maximum Gasteiger partial charge on any atom is 0.0493 e. The van der Waals surface area contributed by atoms with Gasteiger partial charge < -0.3 is 5.11 Å². The molecule has 0 aromatic carbocycles. The minimum atomic E-state index is 0.264. The van der Waals surface area contributed by atoms with Crippen molar-refractivity contribution < 1.29 is 5.11 Å². The van der Waals surface area contributed by atoms with Crippen LogP contribution in [0.5, 0.6) is 0 Å². The van der Waals surface area contributed by atoms with E-state index in [9.17, 15) is 0 Å². The van der Waals surface area contributed by atoms with Gasteiger partial charge in [0.2, 0.25) is 0 Å². The fourth-order valence-electron chi connectivity index (χ4n) is 1.82. The Morgan fingerprint density at radius 1 is 1.00 bits per heavy atom. The molecular weight excluding hydrogens is 184 g/mol. The van der Waals surface area contributed by atoms with Gasteiger partial charge in [0.15, 0.2) is 0 Å². The molecule has 1 nitrogen and oxygen atoms in total. The number of aliphatic hydroxyl groups is 1. The van der Waals surface area contributed by atoms with E-state index in [-0.39, 0.29) is 6.61 Å². The molecule has 0 aromatic heterocycles. The first-order valence-electron chi connectivity index (χ1n) is 6.58. The first-order chi connectivity index (χ1) is 7.35. The first-order valence-corrected chi connectivity index (χ1v) is 6.58. The van der Waals surface area contributed by atoms with Gasteiger partial charge in [-0.2, -0.15) is 0 Å². The lowest BCUT2D eigenvalue weighted by Crippen LogP contribution is -2.01. The molecule has 0 aliphatic carbocycles. The average Bonchev–Trinajstić information content (AvgIpc) is 2.27. The van der Waals surface area contributed by atoms with Crippen LogP contribution in [0.3, 0.4) is 0 Å². The summed E-state index contributed by atoms with van der Waals surface area (Å²) in [5.74, 6) is 0.324. The second-order valence-electron chi connectivity index (χ2n) is 4.44. The summed E-state index contributed by atoms with van der Waals surface area (Å²) in [6, 6.07) is 0. The number of rotatable bonds is 11. The highest BCUT2D eigenvalue weighted by atomic mass is 16.3. The molecule has 0 spiro atoms. The summed E-state index contributed by atoms with van der Waals surface area (Å²) in [5, 5.41) is 8.95. The van der Waals surface area contributed by atoms with Crippen LogP contribution in [0.1, 0.15) is 64.7 Å². The molecule has 0 bridgehead atoms. The number of unbranched alkanes of at least 4 members (excludes halogenated alkanes) is 7. The summed E-state index contributed by atoms with van der Waals surface area (Å²) in [6.45, 7) is 6.24. The van der Waals surface area contributed by atoms with Crippen LogP contribution in [0.15, 0.2) is 12.7 Å². The quantitative estimate of drug-likeness (QED) is 0.399. The summed E-state index contributed by atoms with van der Waals surface area (Å²) in [6.07, 6.45) is 13.8. The zero-order chi connectivity index (χ0) is 11.4. The monoisotopic (exact) mass is 212 g/mol. The molecule has 0 heterocycles. The Morgan fingerprint density at radius 2 is 1.53 bits per heavy atom. The van der Waals surface area contributed by atoms with E-state index < -0.39 is 0 Å². The molecule has 1 heteroatoms. The van der Waals surface area contributed by atoms with Gasteiger partial charge in [-0.15, -0.1) is 6.58 Å². The van der Waals surface area contributed by atoms with Gasteiger partial charge in [-0.05, 0) is 12.3 Å². The molecule has 1 N–H and O–H groups in total. The minimum Gasteiger partial charge on any atom is -0.396 e.